The Bertz CT molecular complexity index is 346. The molecule has 2 N–H and O–H groups in total. The third kappa shape index (κ3) is 4.36. The van der Waals surface area contributed by atoms with Crippen LogP contribution in [-0.4, -0.2) is 22.4 Å². The molecule has 1 aromatic carbocycles. The summed E-state index contributed by atoms with van der Waals surface area (Å²) in [6, 6.07) is 7.01. The second kappa shape index (κ2) is 5.03. The third-order valence-corrected chi connectivity index (χ3v) is 2.17. The van der Waals surface area contributed by atoms with E-state index < -0.39 is 5.60 Å². The molecule has 0 saturated carbocycles. The van der Waals surface area contributed by atoms with Crippen molar-refractivity contribution < 1.29 is 14.9 Å². The van der Waals surface area contributed by atoms with Gasteiger partial charge in [0.2, 0.25) is 0 Å². The maximum Gasteiger partial charge on any atom is 0.119 e. The van der Waals surface area contributed by atoms with Crippen molar-refractivity contribution in [3.05, 3.63) is 36.4 Å². The normalized spacial score (nSPS) is 11.2. The summed E-state index contributed by atoms with van der Waals surface area (Å²) < 4.78 is 5.45. The van der Waals surface area contributed by atoms with Crippen molar-refractivity contribution >= 4 is 5.76 Å². The van der Waals surface area contributed by atoms with Crippen LogP contribution in [0.25, 0.3) is 5.76 Å². The van der Waals surface area contributed by atoms with Gasteiger partial charge < -0.3 is 14.9 Å². The average molecular weight is 222 g/mol. The number of hydrogen-bond donors (Lipinski definition) is 2. The van der Waals surface area contributed by atoms with Gasteiger partial charge >= 0.3 is 0 Å². The first-order valence-corrected chi connectivity index (χ1v) is 5.22. The molecule has 0 aliphatic heterocycles. The molecule has 0 radical (unpaired) electrons. The second-order valence-corrected chi connectivity index (χ2v) is 4.38. The molecule has 0 amide bonds. The van der Waals surface area contributed by atoms with Crippen LogP contribution in [0.15, 0.2) is 30.8 Å². The van der Waals surface area contributed by atoms with Gasteiger partial charge in [-0.25, -0.2) is 0 Å². The Hall–Kier alpha value is -1.48. The van der Waals surface area contributed by atoms with Gasteiger partial charge in [-0.05, 0) is 38.1 Å². The molecule has 0 aromatic heterocycles. The summed E-state index contributed by atoms with van der Waals surface area (Å²) in [5.74, 6) is 0.761. The molecular formula is C13H18O3. The van der Waals surface area contributed by atoms with Crippen molar-refractivity contribution in [2.75, 3.05) is 6.61 Å². The minimum atomic E-state index is -0.709. The summed E-state index contributed by atoms with van der Waals surface area (Å²) in [5, 5.41) is 18.6. The molecule has 0 atom stereocenters. The lowest BCUT2D eigenvalue weighted by Gasteiger charge is -2.17. The lowest BCUT2D eigenvalue weighted by Crippen LogP contribution is -2.21. The maximum atomic E-state index is 9.49. The number of aliphatic hydroxyl groups is 2. The van der Waals surface area contributed by atoms with Crippen LogP contribution in [0.3, 0.4) is 0 Å². The molecule has 0 unspecified atom stereocenters. The van der Waals surface area contributed by atoms with Crippen molar-refractivity contribution in [2.24, 2.45) is 0 Å². The Morgan fingerprint density at radius 3 is 2.31 bits per heavy atom. The first-order valence-electron chi connectivity index (χ1n) is 5.22. The van der Waals surface area contributed by atoms with Crippen molar-refractivity contribution in [3.8, 4) is 5.75 Å². The number of benzene rings is 1. The molecule has 1 aromatic rings. The van der Waals surface area contributed by atoms with Crippen LogP contribution in [0, 0.1) is 0 Å². The molecular weight excluding hydrogens is 204 g/mol. The first-order chi connectivity index (χ1) is 7.38. The fourth-order valence-corrected chi connectivity index (χ4v) is 1.16. The Kier molecular flexibility index (Phi) is 3.96. The lowest BCUT2D eigenvalue weighted by atomic mass is 10.1. The molecule has 0 heterocycles. The Labute approximate surface area is 96.0 Å². The van der Waals surface area contributed by atoms with Crippen LogP contribution in [0.1, 0.15) is 25.8 Å². The topological polar surface area (TPSA) is 49.7 Å². The first kappa shape index (κ1) is 12.6. The van der Waals surface area contributed by atoms with E-state index in [4.69, 9.17) is 9.84 Å². The number of ether oxygens (including phenoxy) is 1. The van der Waals surface area contributed by atoms with E-state index in [0.29, 0.717) is 24.3 Å². The highest BCUT2D eigenvalue weighted by molar-refractivity contribution is 5.56. The second-order valence-electron chi connectivity index (χ2n) is 4.38. The maximum absolute atomic E-state index is 9.49. The van der Waals surface area contributed by atoms with Gasteiger partial charge in [0.15, 0.2) is 0 Å². The smallest absolute Gasteiger partial charge is 0.119 e. The van der Waals surface area contributed by atoms with E-state index in [0.717, 1.165) is 0 Å². The Morgan fingerprint density at radius 1 is 1.31 bits per heavy atom. The van der Waals surface area contributed by atoms with Crippen molar-refractivity contribution in [3.63, 3.8) is 0 Å². The van der Waals surface area contributed by atoms with Crippen LogP contribution >= 0.6 is 0 Å². The summed E-state index contributed by atoms with van der Waals surface area (Å²) in [6.07, 6.45) is 0.571. The fourth-order valence-electron chi connectivity index (χ4n) is 1.16. The van der Waals surface area contributed by atoms with E-state index in [1.807, 2.05) is 0 Å². The monoisotopic (exact) mass is 222 g/mol. The Balaban J connectivity index is 2.47. The zero-order chi connectivity index (χ0) is 12.2. The summed E-state index contributed by atoms with van der Waals surface area (Å²) in [5.41, 5.74) is -0.0332. The van der Waals surface area contributed by atoms with Crippen molar-refractivity contribution in [1.29, 1.82) is 0 Å². The molecule has 0 aliphatic carbocycles. The Morgan fingerprint density at radius 2 is 1.88 bits per heavy atom. The van der Waals surface area contributed by atoms with Gasteiger partial charge in [-0.15, -0.1) is 0 Å². The van der Waals surface area contributed by atoms with Gasteiger partial charge in [-0.3, -0.25) is 0 Å². The molecule has 0 saturated heterocycles. The minimum absolute atomic E-state index is 0.0445. The highest BCUT2D eigenvalue weighted by Gasteiger charge is 2.11. The predicted octanol–water partition coefficient (Wildman–Crippen LogP) is 2.76. The van der Waals surface area contributed by atoms with Crippen molar-refractivity contribution in [2.45, 2.75) is 25.9 Å². The number of hydrogen-bond acceptors (Lipinski definition) is 3. The highest BCUT2D eigenvalue weighted by Crippen LogP contribution is 2.17. The molecule has 3 nitrogen and oxygen atoms in total. The summed E-state index contributed by atoms with van der Waals surface area (Å²) in [6.45, 7) is 7.38. The van der Waals surface area contributed by atoms with Crippen LogP contribution < -0.4 is 4.74 Å². The van der Waals surface area contributed by atoms with Gasteiger partial charge in [-0.1, -0.05) is 6.58 Å². The average Bonchev–Trinajstić information content (AvgIpc) is 2.16. The van der Waals surface area contributed by atoms with E-state index >= 15 is 0 Å². The summed E-state index contributed by atoms with van der Waals surface area (Å²) in [4.78, 5) is 0. The van der Waals surface area contributed by atoms with E-state index in [9.17, 15) is 5.11 Å². The number of rotatable bonds is 5. The molecule has 0 aliphatic rings. The van der Waals surface area contributed by atoms with Gasteiger partial charge in [0.05, 0.1) is 12.2 Å². The summed E-state index contributed by atoms with van der Waals surface area (Å²) in [7, 11) is 0. The van der Waals surface area contributed by atoms with Crippen LogP contribution in [0.2, 0.25) is 0 Å². The zero-order valence-corrected chi connectivity index (χ0v) is 9.73. The molecule has 0 bridgehead atoms. The largest absolute Gasteiger partial charge is 0.508 e. The van der Waals surface area contributed by atoms with E-state index in [-0.39, 0.29) is 5.76 Å². The van der Waals surface area contributed by atoms with Crippen LogP contribution in [0.5, 0.6) is 5.75 Å². The quantitative estimate of drug-likeness (QED) is 0.753. The number of aliphatic hydroxyl groups excluding tert-OH is 1. The van der Waals surface area contributed by atoms with E-state index in [1.54, 1.807) is 38.1 Å². The molecule has 16 heavy (non-hydrogen) atoms. The standard InChI is InChI=1S/C13H18O3/c1-10(14)11-4-6-12(7-5-11)16-9-8-13(2,3)15/h4-7,14-15H,1,8-9H2,2-3H3. The highest BCUT2D eigenvalue weighted by atomic mass is 16.5. The van der Waals surface area contributed by atoms with Gasteiger partial charge in [-0.2, -0.15) is 0 Å². The van der Waals surface area contributed by atoms with Crippen LogP contribution in [-0.2, 0) is 0 Å². The molecule has 0 spiro atoms. The van der Waals surface area contributed by atoms with E-state index in [2.05, 4.69) is 6.58 Å². The third-order valence-electron chi connectivity index (χ3n) is 2.17. The minimum Gasteiger partial charge on any atom is -0.508 e. The fraction of sp³-hybridized carbons (Fsp3) is 0.385. The SMILES string of the molecule is C=C(O)c1ccc(OCCC(C)(C)O)cc1. The summed E-state index contributed by atoms with van der Waals surface area (Å²) >= 11 is 0. The molecule has 3 heteroatoms. The van der Waals surface area contributed by atoms with Crippen molar-refractivity contribution in [1.82, 2.24) is 0 Å². The van der Waals surface area contributed by atoms with Gasteiger partial charge in [0.1, 0.15) is 11.5 Å². The molecule has 1 rings (SSSR count). The molecule has 88 valence electrons. The van der Waals surface area contributed by atoms with Gasteiger partial charge in [0.25, 0.3) is 0 Å². The zero-order valence-electron chi connectivity index (χ0n) is 9.73. The van der Waals surface area contributed by atoms with E-state index in [1.165, 1.54) is 0 Å². The predicted molar refractivity (Wildman–Crippen MR) is 64.5 cm³/mol. The molecule has 0 fully saturated rings. The lowest BCUT2D eigenvalue weighted by molar-refractivity contribution is 0.0553. The van der Waals surface area contributed by atoms with Gasteiger partial charge in [0, 0.05) is 12.0 Å². The van der Waals surface area contributed by atoms with Crippen LogP contribution in [0.4, 0.5) is 0 Å².